The van der Waals surface area contributed by atoms with E-state index < -0.39 is 24.0 Å². The molecule has 1 aromatic carbocycles. The van der Waals surface area contributed by atoms with Crippen LogP contribution < -0.4 is 0 Å². The predicted molar refractivity (Wildman–Crippen MR) is 69.0 cm³/mol. The van der Waals surface area contributed by atoms with E-state index in [-0.39, 0.29) is 12.0 Å². The van der Waals surface area contributed by atoms with Crippen LogP contribution in [0.2, 0.25) is 0 Å². The molecular formula is C14H16O6. The Kier molecular flexibility index (Phi) is 5.71. The molecule has 0 amide bonds. The molecule has 0 unspecified atom stereocenters. The van der Waals surface area contributed by atoms with Gasteiger partial charge in [0, 0.05) is 0 Å². The third-order valence-corrected chi connectivity index (χ3v) is 2.58. The van der Waals surface area contributed by atoms with Crippen molar-refractivity contribution in [2.24, 2.45) is 0 Å². The molecule has 1 atom stereocenters. The van der Waals surface area contributed by atoms with Crippen LogP contribution in [0.15, 0.2) is 24.3 Å². The number of benzene rings is 1. The van der Waals surface area contributed by atoms with E-state index in [4.69, 9.17) is 4.74 Å². The number of esters is 3. The highest BCUT2D eigenvalue weighted by Crippen LogP contribution is 2.10. The van der Waals surface area contributed by atoms with Crippen LogP contribution in [-0.4, -0.2) is 38.2 Å². The lowest BCUT2D eigenvalue weighted by atomic mass is 10.1. The Morgan fingerprint density at radius 1 is 1.05 bits per heavy atom. The SMILES string of the molecule is COC(=O)C[C@H](OC(=O)c1ccc(C)cc1)C(=O)OC. The molecule has 0 fully saturated rings. The van der Waals surface area contributed by atoms with Crippen LogP contribution in [-0.2, 0) is 23.8 Å². The number of carbonyl (C=O) groups excluding carboxylic acids is 3. The molecule has 1 rings (SSSR count). The third-order valence-electron chi connectivity index (χ3n) is 2.58. The Balaban J connectivity index is 2.78. The molecule has 0 bridgehead atoms. The van der Waals surface area contributed by atoms with Gasteiger partial charge in [-0.2, -0.15) is 0 Å². The van der Waals surface area contributed by atoms with Gasteiger partial charge in [-0.1, -0.05) is 17.7 Å². The normalized spacial score (nSPS) is 11.3. The Morgan fingerprint density at radius 2 is 1.65 bits per heavy atom. The molecule has 20 heavy (non-hydrogen) atoms. The zero-order valence-corrected chi connectivity index (χ0v) is 11.5. The maximum Gasteiger partial charge on any atom is 0.347 e. The minimum atomic E-state index is -1.32. The maximum atomic E-state index is 11.9. The first-order valence-electron chi connectivity index (χ1n) is 5.90. The van der Waals surface area contributed by atoms with Crippen molar-refractivity contribution in [2.75, 3.05) is 14.2 Å². The molecule has 0 spiro atoms. The average Bonchev–Trinajstić information content (AvgIpc) is 2.46. The number of carbonyl (C=O) groups is 3. The zero-order chi connectivity index (χ0) is 15.1. The fourth-order valence-electron chi connectivity index (χ4n) is 1.43. The summed E-state index contributed by atoms with van der Waals surface area (Å²) in [5, 5.41) is 0. The van der Waals surface area contributed by atoms with E-state index in [1.54, 1.807) is 24.3 Å². The molecule has 0 heterocycles. The molecule has 0 radical (unpaired) electrons. The van der Waals surface area contributed by atoms with E-state index in [1.807, 2.05) is 6.92 Å². The van der Waals surface area contributed by atoms with Gasteiger partial charge in [0.05, 0.1) is 26.2 Å². The van der Waals surface area contributed by atoms with Crippen LogP contribution in [0.25, 0.3) is 0 Å². The van der Waals surface area contributed by atoms with Gasteiger partial charge >= 0.3 is 17.9 Å². The molecule has 0 aliphatic carbocycles. The molecule has 6 nitrogen and oxygen atoms in total. The summed E-state index contributed by atoms with van der Waals surface area (Å²) in [6, 6.07) is 6.63. The molecule has 0 aliphatic rings. The third kappa shape index (κ3) is 4.38. The zero-order valence-electron chi connectivity index (χ0n) is 11.5. The molecular weight excluding hydrogens is 264 g/mol. The standard InChI is InChI=1S/C14H16O6/c1-9-4-6-10(7-5-9)13(16)20-11(14(17)19-3)8-12(15)18-2/h4-7,11H,8H2,1-3H3/t11-/m0/s1. The van der Waals surface area contributed by atoms with E-state index in [0.717, 1.165) is 12.7 Å². The molecule has 0 aromatic heterocycles. The summed E-state index contributed by atoms with van der Waals surface area (Å²) in [5.41, 5.74) is 1.27. The number of methoxy groups -OCH3 is 2. The van der Waals surface area contributed by atoms with Gasteiger partial charge in [0.25, 0.3) is 0 Å². The van der Waals surface area contributed by atoms with Crippen molar-refractivity contribution in [2.45, 2.75) is 19.4 Å². The first kappa shape index (κ1) is 15.7. The van der Waals surface area contributed by atoms with E-state index in [2.05, 4.69) is 9.47 Å². The second kappa shape index (κ2) is 7.28. The van der Waals surface area contributed by atoms with Gasteiger partial charge < -0.3 is 14.2 Å². The fourth-order valence-corrected chi connectivity index (χ4v) is 1.43. The minimum absolute atomic E-state index is 0.286. The average molecular weight is 280 g/mol. The number of hydrogen-bond donors (Lipinski definition) is 0. The van der Waals surface area contributed by atoms with Gasteiger partial charge in [-0.3, -0.25) is 4.79 Å². The van der Waals surface area contributed by atoms with Crippen LogP contribution in [0.3, 0.4) is 0 Å². The lowest BCUT2D eigenvalue weighted by Gasteiger charge is -2.14. The lowest BCUT2D eigenvalue weighted by molar-refractivity contribution is -0.157. The van der Waals surface area contributed by atoms with Crippen molar-refractivity contribution in [3.8, 4) is 0 Å². The summed E-state index contributed by atoms with van der Waals surface area (Å²) in [6.45, 7) is 1.88. The highest BCUT2D eigenvalue weighted by molar-refractivity contribution is 5.92. The summed E-state index contributed by atoms with van der Waals surface area (Å²) in [4.78, 5) is 34.5. The molecule has 0 saturated heterocycles. The molecule has 0 N–H and O–H groups in total. The van der Waals surface area contributed by atoms with Crippen molar-refractivity contribution in [1.82, 2.24) is 0 Å². The van der Waals surface area contributed by atoms with Crippen molar-refractivity contribution < 1.29 is 28.6 Å². The second-order valence-electron chi connectivity index (χ2n) is 4.06. The molecule has 0 saturated carbocycles. The Labute approximate surface area is 116 Å². The number of rotatable bonds is 5. The van der Waals surface area contributed by atoms with Crippen molar-refractivity contribution in [3.63, 3.8) is 0 Å². The van der Waals surface area contributed by atoms with E-state index in [1.165, 1.54) is 7.11 Å². The van der Waals surface area contributed by atoms with Crippen LogP contribution in [0, 0.1) is 6.92 Å². The van der Waals surface area contributed by atoms with E-state index in [0.29, 0.717) is 0 Å². The molecule has 108 valence electrons. The van der Waals surface area contributed by atoms with Gasteiger partial charge in [-0.15, -0.1) is 0 Å². The van der Waals surface area contributed by atoms with Crippen LogP contribution in [0.4, 0.5) is 0 Å². The first-order chi connectivity index (χ1) is 9.47. The van der Waals surface area contributed by atoms with Crippen molar-refractivity contribution in [1.29, 1.82) is 0 Å². The van der Waals surface area contributed by atoms with Crippen LogP contribution >= 0.6 is 0 Å². The van der Waals surface area contributed by atoms with Gasteiger partial charge in [-0.05, 0) is 19.1 Å². The smallest absolute Gasteiger partial charge is 0.347 e. The molecule has 6 heteroatoms. The van der Waals surface area contributed by atoms with E-state index in [9.17, 15) is 14.4 Å². The van der Waals surface area contributed by atoms with Crippen molar-refractivity contribution >= 4 is 17.9 Å². The number of ether oxygens (including phenoxy) is 3. The molecule has 1 aromatic rings. The van der Waals surface area contributed by atoms with Gasteiger partial charge in [-0.25, -0.2) is 9.59 Å². The Bertz CT molecular complexity index is 491. The summed E-state index contributed by atoms with van der Waals surface area (Å²) >= 11 is 0. The van der Waals surface area contributed by atoms with Crippen molar-refractivity contribution in [3.05, 3.63) is 35.4 Å². The predicted octanol–water partition coefficient (Wildman–Crippen LogP) is 1.26. The highest BCUT2D eigenvalue weighted by Gasteiger charge is 2.27. The maximum absolute atomic E-state index is 11.9. The van der Waals surface area contributed by atoms with E-state index >= 15 is 0 Å². The number of aryl methyl sites for hydroxylation is 1. The highest BCUT2D eigenvalue weighted by atomic mass is 16.6. The first-order valence-corrected chi connectivity index (χ1v) is 5.90. The van der Waals surface area contributed by atoms with Gasteiger partial charge in [0.15, 0.2) is 0 Å². The topological polar surface area (TPSA) is 78.9 Å². The van der Waals surface area contributed by atoms with Crippen LogP contribution in [0.5, 0.6) is 0 Å². The lowest BCUT2D eigenvalue weighted by Crippen LogP contribution is -2.31. The summed E-state index contributed by atoms with van der Waals surface area (Å²) in [6.07, 6.45) is -1.71. The van der Waals surface area contributed by atoms with Gasteiger partial charge in [0.2, 0.25) is 6.10 Å². The molecule has 0 aliphatic heterocycles. The monoisotopic (exact) mass is 280 g/mol. The summed E-state index contributed by atoms with van der Waals surface area (Å²) in [5.74, 6) is -2.18. The summed E-state index contributed by atoms with van der Waals surface area (Å²) in [7, 11) is 2.32. The quantitative estimate of drug-likeness (QED) is 0.596. The van der Waals surface area contributed by atoms with Crippen LogP contribution in [0.1, 0.15) is 22.3 Å². The minimum Gasteiger partial charge on any atom is -0.469 e. The second-order valence-corrected chi connectivity index (χ2v) is 4.06. The summed E-state index contributed by atoms with van der Waals surface area (Å²) < 4.78 is 13.9. The van der Waals surface area contributed by atoms with Gasteiger partial charge in [0.1, 0.15) is 0 Å². The Hall–Kier alpha value is -2.37. The number of hydrogen-bond acceptors (Lipinski definition) is 6. The Morgan fingerprint density at radius 3 is 2.15 bits per heavy atom. The fraction of sp³-hybridized carbons (Fsp3) is 0.357. The largest absolute Gasteiger partial charge is 0.469 e.